The zero-order valence-corrected chi connectivity index (χ0v) is 7.64. The fourth-order valence-corrected chi connectivity index (χ4v) is 0.589. The maximum atomic E-state index is 9.17. The molecular formula is C10H13NO2. The van der Waals surface area contributed by atoms with Crippen molar-refractivity contribution >= 4 is 6.08 Å². The Bertz CT molecular complexity index is 257. The third-order valence-electron chi connectivity index (χ3n) is 1.29. The van der Waals surface area contributed by atoms with Crippen LogP contribution in [0.25, 0.3) is 6.08 Å². The average molecular weight is 179 g/mol. The van der Waals surface area contributed by atoms with Crippen LogP contribution < -0.4 is 0 Å². The van der Waals surface area contributed by atoms with Crippen molar-refractivity contribution in [1.29, 1.82) is 0 Å². The molecule has 0 unspecified atom stereocenters. The molecule has 0 heterocycles. The minimum Gasteiger partial charge on any atom is -0.265 e. The van der Waals surface area contributed by atoms with Crippen molar-refractivity contribution in [2.75, 3.05) is 6.54 Å². The van der Waals surface area contributed by atoms with Crippen LogP contribution in [0, 0.1) is 10.1 Å². The second-order valence-corrected chi connectivity index (χ2v) is 2.26. The molecule has 0 atom stereocenters. The summed E-state index contributed by atoms with van der Waals surface area (Å²) in [4.78, 5) is 8.80. The standard InChI is InChI=1S/C8H8.C2H5NO2/c1-2-8-6-4-3-5-7-8;1-2-3(4)5/h2-7H,1H2;2H2,1H3. The molecule has 0 saturated carbocycles. The van der Waals surface area contributed by atoms with Gasteiger partial charge in [-0.05, 0) is 5.56 Å². The van der Waals surface area contributed by atoms with Gasteiger partial charge in [0.1, 0.15) is 0 Å². The predicted octanol–water partition coefficient (Wildman–Crippen LogP) is 2.61. The molecule has 3 heteroatoms. The van der Waals surface area contributed by atoms with Crippen molar-refractivity contribution in [2.24, 2.45) is 0 Å². The number of benzene rings is 1. The highest BCUT2D eigenvalue weighted by Gasteiger charge is 1.77. The van der Waals surface area contributed by atoms with Gasteiger partial charge >= 0.3 is 0 Å². The van der Waals surface area contributed by atoms with Crippen molar-refractivity contribution in [3.05, 3.63) is 52.6 Å². The summed E-state index contributed by atoms with van der Waals surface area (Å²) >= 11 is 0. The Morgan fingerprint density at radius 2 is 1.92 bits per heavy atom. The van der Waals surface area contributed by atoms with Gasteiger partial charge in [0.05, 0.1) is 0 Å². The Balaban J connectivity index is 0.000000252. The van der Waals surface area contributed by atoms with E-state index in [1.165, 1.54) is 12.5 Å². The van der Waals surface area contributed by atoms with Crippen LogP contribution in [0.1, 0.15) is 12.5 Å². The lowest BCUT2D eigenvalue weighted by Crippen LogP contribution is -1.92. The van der Waals surface area contributed by atoms with Gasteiger partial charge < -0.3 is 0 Å². The van der Waals surface area contributed by atoms with E-state index in [1.807, 2.05) is 36.4 Å². The molecule has 3 nitrogen and oxygen atoms in total. The Morgan fingerprint density at radius 1 is 1.46 bits per heavy atom. The van der Waals surface area contributed by atoms with E-state index in [-0.39, 0.29) is 11.5 Å². The zero-order chi connectivity index (χ0) is 10.1. The lowest BCUT2D eigenvalue weighted by Gasteiger charge is -1.85. The van der Waals surface area contributed by atoms with E-state index in [0.717, 1.165) is 0 Å². The molecule has 0 spiro atoms. The van der Waals surface area contributed by atoms with Crippen molar-refractivity contribution in [3.8, 4) is 0 Å². The summed E-state index contributed by atoms with van der Waals surface area (Å²) in [6.07, 6.45) is 1.83. The van der Waals surface area contributed by atoms with Gasteiger partial charge in [-0.25, -0.2) is 0 Å². The second kappa shape index (κ2) is 7.03. The number of rotatable bonds is 2. The van der Waals surface area contributed by atoms with Gasteiger partial charge in [0.25, 0.3) is 0 Å². The molecule has 0 aliphatic carbocycles. The van der Waals surface area contributed by atoms with Crippen molar-refractivity contribution in [1.82, 2.24) is 0 Å². The first kappa shape index (κ1) is 11.4. The summed E-state index contributed by atoms with van der Waals surface area (Å²) in [7, 11) is 0. The molecule has 70 valence electrons. The van der Waals surface area contributed by atoms with E-state index in [2.05, 4.69) is 6.58 Å². The SMILES string of the molecule is C=Cc1ccccc1.CC[N+](=O)[O-]. The zero-order valence-electron chi connectivity index (χ0n) is 7.64. The summed E-state index contributed by atoms with van der Waals surface area (Å²) < 4.78 is 0. The van der Waals surface area contributed by atoms with Crippen molar-refractivity contribution in [3.63, 3.8) is 0 Å². The third-order valence-corrected chi connectivity index (χ3v) is 1.29. The van der Waals surface area contributed by atoms with Crippen LogP contribution in [-0.2, 0) is 0 Å². The van der Waals surface area contributed by atoms with Crippen LogP contribution in [0.2, 0.25) is 0 Å². The normalized spacial score (nSPS) is 8.08. The minimum atomic E-state index is -0.375. The third kappa shape index (κ3) is 6.75. The molecule has 0 aromatic heterocycles. The van der Waals surface area contributed by atoms with E-state index in [9.17, 15) is 10.1 Å². The first-order chi connectivity index (χ1) is 6.20. The van der Waals surface area contributed by atoms with Gasteiger partial charge in [-0.2, -0.15) is 0 Å². The van der Waals surface area contributed by atoms with Crippen molar-refractivity contribution < 1.29 is 4.92 Å². The molecule has 0 saturated heterocycles. The predicted molar refractivity (Wildman–Crippen MR) is 54.1 cm³/mol. The molecule has 0 fully saturated rings. The van der Waals surface area contributed by atoms with E-state index in [0.29, 0.717) is 0 Å². The quantitative estimate of drug-likeness (QED) is 0.517. The lowest BCUT2D eigenvalue weighted by molar-refractivity contribution is -0.475. The van der Waals surface area contributed by atoms with Crippen LogP contribution in [0.3, 0.4) is 0 Å². The summed E-state index contributed by atoms with van der Waals surface area (Å²) in [6, 6.07) is 10.0. The molecule has 13 heavy (non-hydrogen) atoms. The summed E-state index contributed by atoms with van der Waals surface area (Å²) in [5, 5.41) is 9.17. The first-order valence-electron chi connectivity index (χ1n) is 4.00. The van der Waals surface area contributed by atoms with Crippen LogP contribution in [0.5, 0.6) is 0 Å². The van der Waals surface area contributed by atoms with Gasteiger partial charge in [-0.15, -0.1) is 0 Å². The van der Waals surface area contributed by atoms with E-state index in [4.69, 9.17) is 0 Å². The summed E-state index contributed by atoms with van der Waals surface area (Å²) in [6.45, 7) is 5.16. The largest absolute Gasteiger partial charge is 0.265 e. The number of hydrogen-bond acceptors (Lipinski definition) is 2. The van der Waals surface area contributed by atoms with Crippen LogP contribution in [-0.4, -0.2) is 11.5 Å². The first-order valence-corrected chi connectivity index (χ1v) is 4.00. The molecule has 0 bridgehead atoms. The summed E-state index contributed by atoms with van der Waals surface area (Å²) in [5.41, 5.74) is 1.17. The van der Waals surface area contributed by atoms with Crippen molar-refractivity contribution in [2.45, 2.75) is 6.92 Å². The van der Waals surface area contributed by atoms with Crippen LogP contribution in [0.15, 0.2) is 36.9 Å². The van der Waals surface area contributed by atoms with Gasteiger partial charge in [0.2, 0.25) is 6.54 Å². The molecule has 1 aromatic carbocycles. The molecule has 0 N–H and O–H groups in total. The lowest BCUT2D eigenvalue weighted by atomic mass is 10.2. The second-order valence-electron chi connectivity index (χ2n) is 2.26. The fraction of sp³-hybridized carbons (Fsp3) is 0.200. The molecule has 0 amide bonds. The minimum absolute atomic E-state index is 0.0278. The highest BCUT2D eigenvalue weighted by molar-refractivity contribution is 5.45. The van der Waals surface area contributed by atoms with E-state index < -0.39 is 0 Å². The summed E-state index contributed by atoms with van der Waals surface area (Å²) in [5.74, 6) is 0. The van der Waals surface area contributed by atoms with Crippen LogP contribution in [0.4, 0.5) is 0 Å². The Kier molecular flexibility index (Phi) is 6.15. The van der Waals surface area contributed by atoms with E-state index >= 15 is 0 Å². The van der Waals surface area contributed by atoms with Gasteiger partial charge in [-0.1, -0.05) is 43.0 Å². The molecule has 1 rings (SSSR count). The number of hydrogen-bond donors (Lipinski definition) is 0. The molecule has 0 aliphatic heterocycles. The highest BCUT2D eigenvalue weighted by Crippen LogP contribution is 1.97. The Hall–Kier alpha value is -1.64. The van der Waals surface area contributed by atoms with Gasteiger partial charge in [0, 0.05) is 11.8 Å². The van der Waals surface area contributed by atoms with Gasteiger partial charge in [0.15, 0.2) is 0 Å². The molecule has 0 radical (unpaired) electrons. The topological polar surface area (TPSA) is 43.1 Å². The maximum Gasteiger partial charge on any atom is 0.201 e. The maximum absolute atomic E-state index is 9.17. The van der Waals surface area contributed by atoms with E-state index in [1.54, 1.807) is 0 Å². The molecule has 1 aromatic rings. The smallest absolute Gasteiger partial charge is 0.201 e. The average Bonchev–Trinajstić information content (AvgIpc) is 2.20. The molecule has 0 aliphatic rings. The number of nitrogens with zero attached hydrogens (tertiary/aromatic N) is 1. The molecular weight excluding hydrogens is 166 g/mol. The fourth-order valence-electron chi connectivity index (χ4n) is 0.589. The Morgan fingerprint density at radius 3 is 2.15 bits per heavy atom. The number of nitro groups is 1. The monoisotopic (exact) mass is 179 g/mol. The van der Waals surface area contributed by atoms with Crippen LogP contribution >= 0.6 is 0 Å². The highest BCUT2D eigenvalue weighted by atomic mass is 16.6. The Labute approximate surface area is 77.9 Å². The van der Waals surface area contributed by atoms with Gasteiger partial charge in [-0.3, -0.25) is 10.1 Å².